The summed E-state index contributed by atoms with van der Waals surface area (Å²) in [4.78, 5) is 12.5. The molecule has 0 aromatic heterocycles. The average Bonchev–Trinajstić information content (AvgIpc) is 2.71. The second-order valence-electron chi connectivity index (χ2n) is 8.08. The van der Waals surface area contributed by atoms with Crippen molar-refractivity contribution in [2.75, 3.05) is 30.8 Å². The largest absolute Gasteiger partial charge is 0.381 e. The van der Waals surface area contributed by atoms with Crippen molar-refractivity contribution in [1.29, 1.82) is 0 Å². The second-order valence-corrected chi connectivity index (χ2v) is 8.08. The number of hydrogen-bond acceptors (Lipinski definition) is 4. The van der Waals surface area contributed by atoms with E-state index < -0.39 is 0 Å². The van der Waals surface area contributed by atoms with Gasteiger partial charge in [0.05, 0.1) is 11.4 Å². The lowest BCUT2D eigenvalue weighted by molar-refractivity contribution is 0.0954. The van der Waals surface area contributed by atoms with Gasteiger partial charge in [-0.25, -0.2) is 0 Å². The number of rotatable bonds is 8. The van der Waals surface area contributed by atoms with Gasteiger partial charge in [0.1, 0.15) is 0 Å². The molecule has 4 N–H and O–H groups in total. The molecule has 2 aliphatic rings. The van der Waals surface area contributed by atoms with Gasteiger partial charge in [-0.1, -0.05) is 38.5 Å². The molecule has 0 saturated heterocycles. The number of nitrogens with one attached hydrogen (secondary N) is 4. The highest BCUT2D eigenvalue weighted by atomic mass is 35.5. The molecule has 1 amide bonds. The minimum Gasteiger partial charge on any atom is -0.381 e. The van der Waals surface area contributed by atoms with Crippen LogP contribution in [-0.2, 0) is 0 Å². The van der Waals surface area contributed by atoms with E-state index in [0.717, 1.165) is 23.5 Å². The first-order valence-electron chi connectivity index (χ1n) is 10.9. The number of carbonyl (C=O) groups is 1. The van der Waals surface area contributed by atoms with Gasteiger partial charge in [-0.15, -0.1) is 37.2 Å². The predicted octanol–water partition coefficient (Wildman–Crippen LogP) is 5.39. The summed E-state index contributed by atoms with van der Waals surface area (Å²) in [5.41, 5.74) is 2.98. The lowest BCUT2D eigenvalue weighted by Gasteiger charge is -2.28. The number of carbonyl (C=O) groups excluding carboxylic acids is 1. The normalized spacial score (nSPS) is 17.0. The Morgan fingerprint density at radius 2 is 1.33 bits per heavy atom. The third-order valence-electron chi connectivity index (χ3n) is 5.87. The number of benzene rings is 1. The molecule has 30 heavy (non-hydrogen) atoms. The Balaban J connectivity index is 0.00000280. The minimum absolute atomic E-state index is 0. The Kier molecular flexibility index (Phi) is 15.4. The molecule has 3 rings (SSSR count). The van der Waals surface area contributed by atoms with Crippen molar-refractivity contribution < 1.29 is 4.79 Å². The van der Waals surface area contributed by atoms with E-state index in [2.05, 4.69) is 27.3 Å². The Labute approximate surface area is 200 Å². The van der Waals surface area contributed by atoms with Gasteiger partial charge in [-0.3, -0.25) is 4.79 Å². The van der Waals surface area contributed by atoms with Crippen LogP contribution in [0.4, 0.5) is 11.4 Å². The SMILES string of the molecule is CNCCNC(=O)c1ccc(NC2CCCCC2)c(NC2CCCCC2)c1.Cl.Cl.Cl. The van der Waals surface area contributed by atoms with Crippen LogP contribution in [-0.4, -0.2) is 38.1 Å². The number of hydrogen-bond donors (Lipinski definition) is 4. The van der Waals surface area contributed by atoms with Gasteiger partial charge in [0.15, 0.2) is 0 Å². The fraction of sp³-hybridized carbons (Fsp3) is 0.682. The van der Waals surface area contributed by atoms with Crippen molar-refractivity contribution in [1.82, 2.24) is 10.6 Å². The van der Waals surface area contributed by atoms with Gasteiger partial charge in [-0.2, -0.15) is 0 Å². The van der Waals surface area contributed by atoms with Crippen LogP contribution in [0.15, 0.2) is 18.2 Å². The molecule has 0 aliphatic heterocycles. The number of anilines is 2. The summed E-state index contributed by atoms with van der Waals surface area (Å²) in [6.45, 7) is 1.42. The molecule has 174 valence electrons. The summed E-state index contributed by atoms with van der Waals surface area (Å²) < 4.78 is 0. The van der Waals surface area contributed by atoms with Crippen LogP contribution in [0, 0.1) is 0 Å². The van der Waals surface area contributed by atoms with Crippen molar-refractivity contribution in [3.63, 3.8) is 0 Å². The van der Waals surface area contributed by atoms with Crippen molar-refractivity contribution in [2.24, 2.45) is 0 Å². The van der Waals surface area contributed by atoms with Crippen molar-refractivity contribution in [2.45, 2.75) is 76.3 Å². The fourth-order valence-corrected chi connectivity index (χ4v) is 4.27. The van der Waals surface area contributed by atoms with E-state index in [1.807, 2.05) is 19.2 Å². The molecule has 1 aromatic carbocycles. The summed E-state index contributed by atoms with van der Waals surface area (Å²) in [5.74, 6) is 0.00107. The topological polar surface area (TPSA) is 65.2 Å². The fourth-order valence-electron chi connectivity index (χ4n) is 4.27. The van der Waals surface area contributed by atoms with Gasteiger partial charge in [0.2, 0.25) is 0 Å². The zero-order chi connectivity index (χ0) is 18.9. The number of halogens is 3. The Morgan fingerprint density at radius 3 is 1.87 bits per heavy atom. The molecular formula is C22H39Cl3N4O. The maximum absolute atomic E-state index is 12.5. The van der Waals surface area contributed by atoms with Crippen LogP contribution in [0.25, 0.3) is 0 Å². The lowest BCUT2D eigenvalue weighted by Crippen LogP contribution is -2.30. The highest BCUT2D eigenvalue weighted by Crippen LogP contribution is 2.30. The smallest absolute Gasteiger partial charge is 0.251 e. The third kappa shape index (κ3) is 9.09. The van der Waals surface area contributed by atoms with Crippen molar-refractivity contribution in [3.05, 3.63) is 23.8 Å². The predicted molar refractivity (Wildman–Crippen MR) is 135 cm³/mol. The average molecular weight is 482 g/mol. The Hall–Kier alpha value is -0.880. The molecule has 0 bridgehead atoms. The molecule has 2 saturated carbocycles. The maximum atomic E-state index is 12.5. The van der Waals surface area contributed by atoms with Gasteiger partial charge in [-0.05, 0) is 50.9 Å². The summed E-state index contributed by atoms with van der Waals surface area (Å²) >= 11 is 0. The maximum Gasteiger partial charge on any atom is 0.251 e. The van der Waals surface area contributed by atoms with Crippen molar-refractivity contribution in [3.8, 4) is 0 Å². The van der Waals surface area contributed by atoms with Gasteiger partial charge in [0.25, 0.3) is 5.91 Å². The first kappa shape index (κ1) is 29.1. The van der Waals surface area contributed by atoms with Crippen LogP contribution in [0.2, 0.25) is 0 Å². The second kappa shape index (κ2) is 15.9. The van der Waals surface area contributed by atoms with E-state index in [4.69, 9.17) is 0 Å². The highest BCUT2D eigenvalue weighted by Gasteiger charge is 2.19. The minimum atomic E-state index is 0. The molecule has 2 aliphatic carbocycles. The molecule has 0 atom stereocenters. The third-order valence-corrected chi connectivity index (χ3v) is 5.87. The van der Waals surface area contributed by atoms with Crippen LogP contribution < -0.4 is 21.3 Å². The Bertz CT molecular complexity index is 606. The molecular weight excluding hydrogens is 443 g/mol. The van der Waals surface area contributed by atoms with E-state index in [1.54, 1.807) is 0 Å². The molecule has 0 radical (unpaired) electrons. The zero-order valence-corrected chi connectivity index (χ0v) is 20.5. The van der Waals surface area contributed by atoms with Crippen LogP contribution in [0.3, 0.4) is 0 Å². The van der Waals surface area contributed by atoms with Crippen LogP contribution in [0.5, 0.6) is 0 Å². The van der Waals surface area contributed by atoms with Gasteiger partial charge >= 0.3 is 0 Å². The molecule has 0 heterocycles. The van der Waals surface area contributed by atoms with Crippen LogP contribution in [0.1, 0.15) is 74.6 Å². The number of amides is 1. The molecule has 5 nitrogen and oxygen atoms in total. The van der Waals surface area contributed by atoms with E-state index in [1.165, 1.54) is 64.2 Å². The molecule has 1 aromatic rings. The summed E-state index contributed by atoms with van der Waals surface area (Å²) in [6, 6.07) is 7.15. The van der Waals surface area contributed by atoms with Crippen molar-refractivity contribution >= 4 is 54.5 Å². The summed E-state index contributed by atoms with van der Waals surface area (Å²) in [7, 11) is 1.89. The van der Waals surface area contributed by atoms with E-state index in [0.29, 0.717) is 18.6 Å². The first-order valence-corrected chi connectivity index (χ1v) is 10.9. The summed E-state index contributed by atoms with van der Waals surface area (Å²) in [5, 5.41) is 13.5. The van der Waals surface area contributed by atoms with E-state index in [9.17, 15) is 4.79 Å². The monoisotopic (exact) mass is 480 g/mol. The molecule has 8 heteroatoms. The molecule has 0 unspecified atom stereocenters. The first-order chi connectivity index (χ1) is 13.3. The van der Waals surface area contributed by atoms with Gasteiger partial charge in [0, 0.05) is 30.7 Å². The zero-order valence-electron chi connectivity index (χ0n) is 18.0. The summed E-state index contributed by atoms with van der Waals surface area (Å²) in [6.07, 6.45) is 12.9. The quantitative estimate of drug-likeness (QED) is 0.376. The number of likely N-dealkylation sites (N-methyl/N-ethyl adjacent to an activating group) is 1. The highest BCUT2D eigenvalue weighted by molar-refractivity contribution is 5.96. The standard InChI is InChI=1S/C22H36N4O.3ClH/c1-23-14-15-24-22(27)17-12-13-20(25-18-8-4-2-5-9-18)21(16-17)26-19-10-6-3-7-11-19;;;/h12-13,16,18-19,23,25-26H,2-11,14-15H2,1H3,(H,24,27);3*1H. The molecule has 2 fully saturated rings. The van der Waals surface area contributed by atoms with E-state index >= 15 is 0 Å². The Morgan fingerprint density at radius 1 is 0.800 bits per heavy atom. The molecule has 0 spiro atoms. The lowest BCUT2D eigenvalue weighted by atomic mass is 9.94. The van der Waals surface area contributed by atoms with E-state index in [-0.39, 0.29) is 43.1 Å². The van der Waals surface area contributed by atoms with Crippen LogP contribution >= 0.6 is 37.2 Å². The van der Waals surface area contributed by atoms with Gasteiger partial charge < -0.3 is 21.3 Å².